The van der Waals surface area contributed by atoms with Crippen LogP contribution in [-0.4, -0.2) is 53.2 Å². The summed E-state index contributed by atoms with van der Waals surface area (Å²) in [6, 6.07) is 32.5. The number of nitrogens with zero attached hydrogens (tertiary/aromatic N) is 2. The SMILES string of the molecule is C=CCC.C=CC[P+](c1ccccc1)(c1ccccc1)C1CCN(C2CCN(Cc3ccccc3)C2)C1=O.CC.CC. The smallest absolute Gasteiger partial charge is 0.264 e. The van der Waals surface area contributed by atoms with Gasteiger partial charge >= 0.3 is 0 Å². The number of rotatable bonds is 9. The van der Waals surface area contributed by atoms with Crippen LogP contribution in [-0.2, 0) is 11.3 Å². The van der Waals surface area contributed by atoms with Crippen LogP contribution >= 0.6 is 7.26 Å². The number of hydrogen-bond acceptors (Lipinski definition) is 2. The highest BCUT2D eigenvalue weighted by atomic mass is 31.2. The van der Waals surface area contributed by atoms with Crippen molar-refractivity contribution in [2.45, 2.75) is 72.1 Å². The number of allylic oxidation sites excluding steroid dienone is 2. The van der Waals surface area contributed by atoms with Gasteiger partial charge in [0.25, 0.3) is 5.91 Å². The van der Waals surface area contributed by atoms with Gasteiger partial charge in [0, 0.05) is 38.6 Å². The molecule has 3 nitrogen and oxygen atoms in total. The van der Waals surface area contributed by atoms with Crippen molar-refractivity contribution in [1.82, 2.24) is 9.80 Å². The Labute approximate surface area is 257 Å². The van der Waals surface area contributed by atoms with E-state index in [9.17, 15) is 4.79 Å². The fourth-order valence-electron chi connectivity index (χ4n) is 5.95. The Balaban J connectivity index is 0.000000699. The van der Waals surface area contributed by atoms with Crippen LogP contribution in [0.1, 0.15) is 59.4 Å². The molecule has 0 aromatic heterocycles. The molecular formula is C38H54N2OP+. The minimum atomic E-state index is -1.98. The fourth-order valence-corrected chi connectivity index (χ4v) is 10.5. The highest BCUT2D eigenvalue weighted by Crippen LogP contribution is 2.63. The normalized spacial score (nSPS) is 18.0. The van der Waals surface area contributed by atoms with E-state index in [1.165, 1.54) is 16.2 Å². The molecule has 226 valence electrons. The van der Waals surface area contributed by atoms with E-state index in [-0.39, 0.29) is 5.66 Å². The highest BCUT2D eigenvalue weighted by Gasteiger charge is 2.57. The molecule has 2 saturated heterocycles. The van der Waals surface area contributed by atoms with Gasteiger partial charge < -0.3 is 4.90 Å². The summed E-state index contributed by atoms with van der Waals surface area (Å²) >= 11 is 0. The Morgan fingerprint density at radius 3 is 1.74 bits per heavy atom. The number of benzene rings is 3. The molecular weight excluding hydrogens is 531 g/mol. The number of likely N-dealkylation sites (tertiary alicyclic amines) is 2. The molecule has 2 atom stereocenters. The van der Waals surface area contributed by atoms with Crippen molar-refractivity contribution in [3.8, 4) is 0 Å². The zero-order valence-electron chi connectivity index (χ0n) is 26.8. The number of hydrogen-bond donors (Lipinski definition) is 0. The van der Waals surface area contributed by atoms with E-state index >= 15 is 0 Å². The maximum atomic E-state index is 14.1. The van der Waals surface area contributed by atoms with E-state index < -0.39 is 7.26 Å². The van der Waals surface area contributed by atoms with Crippen molar-refractivity contribution in [2.24, 2.45) is 0 Å². The van der Waals surface area contributed by atoms with Crippen molar-refractivity contribution >= 4 is 23.8 Å². The summed E-state index contributed by atoms with van der Waals surface area (Å²) in [6.07, 6.45) is 7.85. The molecule has 0 bridgehead atoms. The molecule has 1 amide bonds. The average Bonchev–Trinajstić information content (AvgIpc) is 3.69. The zero-order chi connectivity index (χ0) is 30.8. The molecule has 2 unspecified atom stereocenters. The second-order valence-electron chi connectivity index (χ2n) is 10.2. The quantitative estimate of drug-likeness (QED) is 0.186. The molecule has 3 aromatic rings. The van der Waals surface area contributed by atoms with Gasteiger partial charge in [-0.3, -0.25) is 9.69 Å². The van der Waals surface area contributed by atoms with E-state index in [1.54, 1.807) is 0 Å². The van der Waals surface area contributed by atoms with Gasteiger partial charge in [-0.05, 0) is 42.7 Å². The summed E-state index contributed by atoms with van der Waals surface area (Å²) in [5, 5.41) is 2.64. The first-order valence-corrected chi connectivity index (χ1v) is 18.0. The summed E-state index contributed by atoms with van der Waals surface area (Å²) in [6.45, 7) is 21.5. The molecule has 2 aliphatic heterocycles. The lowest BCUT2D eigenvalue weighted by atomic mass is 10.2. The van der Waals surface area contributed by atoms with Crippen molar-refractivity contribution in [3.63, 3.8) is 0 Å². The first kappa shape index (κ1) is 35.2. The Hall–Kier alpha value is -3.00. The van der Waals surface area contributed by atoms with Crippen LogP contribution in [0, 0.1) is 0 Å². The van der Waals surface area contributed by atoms with Crippen LogP contribution in [0.15, 0.2) is 116 Å². The molecule has 3 aromatic carbocycles. The maximum Gasteiger partial charge on any atom is 0.264 e. The van der Waals surface area contributed by atoms with Crippen LogP contribution in [0.3, 0.4) is 0 Å². The van der Waals surface area contributed by atoms with Gasteiger partial charge in [-0.15, -0.1) is 6.58 Å². The summed E-state index contributed by atoms with van der Waals surface area (Å²) in [4.78, 5) is 18.8. The van der Waals surface area contributed by atoms with Crippen molar-refractivity contribution in [1.29, 1.82) is 0 Å². The van der Waals surface area contributed by atoms with E-state index in [1.807, 2.05) is 39.8 Å². The minimum Gasteiger partial charge on any atom is -0.335 e. The minimum absolute atomic E-state index is 0.0264. The Kier molecular flexibility index (Phi) is 16.1. The molecule has 0 saturated carbocycles. The number of carbonyl (C=O) groups is 1. The maximum absolute atomic E-state index is 14.1. The van der Waals surface area contributed by atoms with Gasteiger partial charge in [0.1, 0.15) is 10.6 Å². The monoisotopic (exact) mass is 585 g/mol. The van der Waals surface area contributed by atoms with E-state index in [0.29, 0.717) is 11.9 Å². The molecule has 0 N–H and O–H groups in total. The van der Waals surface area contributed by atoms with Crippen molar-refractivity contribution < 1.29 is 4.79 Å². The number of carbonyl (C=O) groups excluding carboxylic acids is 1. The third-order valence-electron chi connectivity index (χ3n) is 7.82. The first-order valence-electron chi connectivity index (χ1n) is 15.9. The molecule has 42 heavy (non-hydrogen) atoms. The summed E-state index contributed by atoms with van der Waals surface area (Å²) in [5.74, 6) is 0.356. The Morgan fingerprint density at radius 2 is 1.26 bits per heavy atom. The first-order chi connectivity index (χ1) is 20.6. The van der Waals surface area contributed by atoms with Gasteiger partial charge in [-0.2, -0.15) is 0 Å². The molecule has 0 spiro atoms. The Bertz CT molecular complexity index is 1130. The van der Waals surface area contributed by atoms with Crippen LogP contribution in [0.25, 0.3) is 0 Å². The third kappa shape index (κ3) is 8.76. The predicted octanol–water partition coefficient (Wildman–Crippen LogP) is 8.35. The standard InChI is InChI=1S/C30H34N2OP.C4H8.2C2H6/c1-2-22-34(27-14-8-4-9-15-27,28-16-10-5-11-17-28)29-19-21-32(30(29)33)26-18-20-31(24-26)23-25-12-6-3-7-13-25;1-3-4-2;2*1-2/h2-17,26,29H,1,18-24H2;3H,1,4H2,2H3;2*1-2H3/q+1;;;. The van der Waals surface area contributed by atoms with E-state index in [0.717, 1.165) is 51.6 Å². The van der Waals surface area contributed by atoms with Gasteiger partial charge in [-0.25, -0.2) is 0 Å². The average molecular weight is 586 g/mol. The van der Waals surface area contributed by atoms with Gasteiger partial charge in [0.2, 0.25) is 0 Å². The van der Waals surface area contributed by atoms with E-state index in [4.69, 9.17) is 0 Å². The predicted molar refractivity (Wildman–Crippen MR) is 188 cm³/mol. The largest absolute Gasteiger partial charge is 0.335 e. The van der Waals surface area contributed by atoms with Crippen LogP contribution in [0.2, 0.25) is 0 Å². The topological polar surface area (TPSA) is 23.6 Å². The molecule has 0 aliphatic carbocycles. The molecule has 2 fully saturated rings. The van der Waals surface area contributed by atoms with Gasteiger partial charge in [0.05, 0.1) is 13.4 Å². The molecule has 2 aliphatic rings. The second kappa shape index (κ2) is 19.2. The van der Waals surface area contributed by atoms with Gasteiger partial charge in [-0.1, -0.05) is 120 Å². The molecule has 4 heteroatoms. The Morgan fingerprint density at radius 1 is 0.762 bits per heavy atom. The van der Waals surface area contributed by atoms with E-state index in [2.05, 4.69) is 121 Å². The van der Waals surface area contributed by atoms with Crippen LogP contribution in [0.4, 0.5) is 0 Å². The number of amides is 1. The summed E-state index contributed by atoms with van der Waals surface area (Å²) < 4.78 is 0. The lowest BCUT2D eigenvalue weighted by Gasteiger charge is -2.32. The molecule has 0 radical (unpaired) electrons. The van der Waals surface area contributed by atoms with Crippen molar-refractivity contribution in [3.05, 3.63) is 122 Å². The zero-order valence-corrected chi connectivity index (χ0v) is 27.7. The molecule has 2 heterocycles. The lowest BCUT2D eigenvalue weighted by molar-refractivity contribution is -0.129. The summed E-state index contributed by atoms with van der Waals surface area (Å²) in [7, 11) is -1.98. The van der Waals surface area contributed by atoms with Crippen LogP contribution in [0.5, 0.6) is 0 Å². The lowest BCUT2D eigenvalue weighted by Crippen LogP contribution is -2.43. The van der Waals surface area contributed by atoms with Gasteiger partial charge in [0.15, 0.2) is 5.66 Å². The third-order valence-corrected chi connectivity index (χ3v) is 12.6. The fraction of sp³-hybridized carbons (Fsp3) is 0.395. The summed E-state index contributed by atoms with van der Waals surface area (Å²) in [5.41, 5.74) is 1.37. The molecule has 5 rings (SSSR count). The second-order valence-corrected chi connectivity index (χ2v) is 14.0. The van der Waals surface area contributed by atoms with Crippen molar-refractivity contribution in [2.75, 3.05) is 25.8 Å². The van der Waals surface area contributed by atoms with Crippen LogP contribution < -0.4 is 10.6 Å². The highest BCUT2D eigenvalue weighted by molar-refractivity contribution is 7.91.